The topological polar surface area (TPSA) is 60.7 Å². The maximum absolute atomic E-state index is 11.0. The van der Waals surface area contributed by atoms with Crippen molar-refractivity contribution < 1.29 is 15.3 Å². The normalized spacial score (nSPS) is 13.5. The first-order valence-electron chi connectivity index (χ1n) is 12.8. The van der Waals surface area contributed by atoms with Crippen LogP contribution in [-0.2, 0) is 21.7 Å². The third kappa shape index (κ3) is 7.85. The molecule has 0 amide bonds. The Labute approximate surface area is 228 Å². The summed E-state index contributed by atoms with van der Waals surface area (Å²) in [5.74, 6) is 1.90. The molecule has 3 N–H and O–H groups in total. The van der Waals surface area contributed by atoms with Crippen molar-refractivity contribution in [2.45, 2.75) is 121 Å². The molecule has 0 aliphatic carbocycles. The lowest BCUT2D eigenvalue weighted by Crippen LogP contribution is -2.18. The second kappa shape index (κ2) is 10.8. The molecule has 0 saturated heterocycles. The summed E-state index contributed by atoms with van der Waals surface area (Å²) in [6, 6.07) is 8.28. The van der Waals surface area contributed by atoms with Gasteiger partial charge in [0.2, 0.25) is 0 Å². The second-order valence-corrected chi connectivity index (χ2v) is 16.2. The molecule has 2 aromatic carbocycles. The summed E-state index contributed by atoms with van der Waals surface area (Å²) >= 11 is 3.27. The van der Waals surface area contributed by atoms with E-state index in [1.807, 2.05) is 0 Å². The average Bonchev–Trinajstić information content (AvgIpc) is 2.68. The molecule has 0 bridgehead atoms. The first kappa shape index (κ1) is 30.9. The number of hydrogen-bond acceptors (Lipinski definition) is 5. The standard InChI is InChI=1S/C31H48O3S2/c1-28(2,3)22-13-20(14-23(26(22)33)29(4,5)6)35-17-19(32)18-36-21-15-24(30(7,8)9)27(34)25(16-21)31(10,11)12/h13-16,19,32-34H,17-18H2,1-12H3. The van der Waals surface area contributed by atoms with Crippen LogP contribution in [0.2, 0.25) is 0 Å². The number of phenols is 2. The van der Waals surface area contributed by atoms with Crippen LogP contribution in [0.3, 0.4) is 0 Å². The van der Waals surface area contributed by atoms with Gasteiger partial charge in [-0.05, 0) is 45.9 Å². The zero-order valence-electron chi connectivity index (χ0n) is 24.5. The highest BCUT2D eigenvalue weighted by atomic mass is 32.2. The van der Waals surface area contributed by atoms with E-state index < -0.39 is 6.10 Å². The molecule has 0 radical (unpaired) electrons. The molecular weight excluding hydrogens is 484 g/mol. The van der Waals surface area contributed by atoms with Crippen molar-refractivity contribution in [1.82, 2.24) is 0 Å². The monoisotopic (exact) mass is 532 g/mol. The van der Waals surface area contributed by atoms with Gasteiger partial charge in [-0.3, -0.25) is 0 Å². The van der Waals surface area contributed by atoms with Gasteiger partial charge in [-0.1, -0.05) is 83.1 Å². The molecule has 202 valence electrons. The first-order chi connectivity index (χ1) is 16.1. The van der Waals surface area contributed by atoms with E-state index in [9.17, 15) is 15.3 Å². The van der Waals surface area contributed by atoms with Crippen LogP contribution in [0.5, 0.6) is 11.5 Å². The fourth-order valence-electron chi connectivity index (χ4n) is 4.10. The summed E-state index contributed by atoms with van der Waals surface area (Å²) in [4.78, 5) is 2.14. The Morgan fingerprint density at radius 1 is 0.528 bits per heavy atom. The number of hydrogen-bond donors (Lipinski definition) is 3. The number of phenolic OH excluding ortho intramolecular Hbond substituents is 2. The minimum atomic E-state index is -0.491. The fourth-order valence-corrected chi connectivity index (χ4v) is 6.06. The van der Waals surface area contributed by atoms with Gasteiger partial charge in [0.15, 0.2) is 0 Å². The first-order valence-corrected chi connectivity index (χ1v) is 14.8. The Morgan fingerprint density at radius 2 is 0.750 bits per heavy atom. The van der Waals surface area contributed by atoms with Crippen molar-refractivity contribution in [2.75, 3.05) is 11.5 Å². The SMILES string of the molecule is CC(C)(C)c1cc(SCC(O)CSc2cc(C(C)(C)C)c(O)c(C(C)(C)C)c2)cc(C(C)(C)C)c1O. The van der Waals surface area contributed by atoms with Crippen LogP contribution in [0.1, 0.15) is 105 Å². The molecule has 0 aliphatic rings. The molecule has 36 heavy (non-hydrogen) atoms. The Balaban J connectivity index is 2.23. The van der Waals surface area contributed by atoms with Crippen molar-refractivity contribution in [2.24, 2.45) is 0 Å². The highest BCUT2D eigenvalue weighted by Crippen LogP contribution is 2.43. The second-order valence-electron chi connectivity index (χ2n) is 14.0. The fraction of sp³-hybridized carbons (Fsp3) is 0.613. The quantitative estimate of drug-likeness (QED) is 0.325. The largest absolute Gasteiger partial charge is 0.507 e. The number of aromatic hydroxyl groups is 2. The summed E-state index contributed by atoms with van der Waals surface area (Å²) in [6.07, 6.45) is -0.491. The lowest BCUT2D eigenvalue weighted by molar-refractivity contribution is 0.225. The van der Waals surface area contributed by atoms with Gasteiger partial charge in [0, 0.05) is 43.6 Å². The number of thioether (sulfide) groups is 2. The smallest absolute Gasteiger partial charge is 0.123 e. The van der Waals surface area contributed by atoms with Crippen LogP contribution in [-0.4, -0.2) is 32.9 Å². The molecule has 2 aromatic rings. The van der Waals surface area contributed by atoms with E-state index in [-0.39, 0.29) is 21.7 Å². The third-order valence-corrected chi connectivity index (χ3v) is 8.52. The van der Waals surface area contributed by atoms with Crippen LogP contribution < -0.4 is 0 Å². The van der Waals surface area contributed by atoms with Gasteiger partial charge in [-0.25, -0.2) is 0 Å². The van der Waals surface area contributed by atoms with Crippen LogP contribution in [0.4, 0.5) is 0 Å². The van der Waals surface area contributed by atoms with E-state index in [1.54, 1.807) is 23.5 Å². The van der Waals surface area contributed by atoms with Gasteiger partial charge in [0.05, 0.1) is 6.10 Å². The molecule has 0 atom stereocenters. The maximum Gasteiger partial charge on any atom is 0.123 e. The van der Waals surface area contributed by atoms with Crippen molar-refractivity contribution in [3.8, 4) is 11.5 Å². The molecule has 0 aromatic heterocycles. The molecule has 3 nitrogen and oxygen atoms in total. The van der Waals surface area contributed by atoms with Crippen molar-refractivity contribution in [3.05, 3.63) is 46.5 Å². The molecule has 2 rings (SSSR count). The van der Waals surface area contributed by atoms with Crippen molar-refractivity contribution in [3.63, 3.8) is 0 Å². The van der Waals surface area contributed by atoms with E-state index in [2.05, 4.69) is 107 Å². The van der Waals surface area contributed by atoms with Crippen LogP contribution in [0, 0.1) is 0 Å². The summed E-state index contributed by atoms with van der Waals surface area (Å²) in [5.41, 5.74) is 3.05. The summed E-state index contributed by atoms with van der Waals surface area (Å²) in [7, 11) is 0. The molecule has 0 fully saturated rings. The Kier molecular flexibility index (Phi) is 9.30. The molecular formula is C31H48O3S2. The van der Waals surface area contributed by atoms with E-state index in [0.717, 1.165) is 32.0 Å². The van der Waals surface area contributed by atoms with E-state index in [4.69, 9.17) is 0 Å². The van der Waals surface area contributed by atoms with E-state index in [0.29, 0.717) is 23.0 Å². The zero-order valence-corrected chi connectivity index (χ0v) is 26.1. The highest BCUT2D eigenvalue weighted by molar-refractivity contribution is 8.00. The van der Waals surface area contributed by atoms with Crippen molar-refractivity contribution >= 4 is 23.5 Å². The third-order valence-electron chi connectivity index (χ3n) is 6.28. The summed E-state index contributed by atoms with van der Waals surface area (Å²) < 4.78 is 0. The van der Waals surface area contributed by atoms with Crippen LogP contribution in [0.15, 0.2) is 34.1 Å². The average molecular weight is 533 g/mol. The van der Waals surface area contributed by atoms with Gasteiger partial charge in [-0.15, -0.1) is 23.5 Å². The molecule has 0 spiro atoms. The zero-order chi connectivity index (χ0) is 27.9. The molecule has 5 heteroatoms. The van der Waals surface area contributed by atoms with Crippen LogP contribution in [0.25, 0.3) is 0 Å². The lowest BCUT2D eigenvalue weighted by Gasteiger charge is -2.28. The van der Waals surface area contributed by atoms with Crippen molar-refractivity contribution in [1.29, 1.82) is 0 Å². The van der Waals surface area contributed by atoms with Gasteiger partial charge < -0.3 is 15.3 Å². The predicted molar refractivity (Wildman–Crippen MR) is 158 cm³/mol. The minimum Gasteiger partial charge on any atom is -0.507 e. The number of aliphatic hydroxyl groups excluding tert-OH is 1. The van der Waals surface area contributed by atoms with Gasteiger partial charge >= 0.3 is 0 Å². The molecule has 0 heterocycles. The lowest BCUT2D eigenvalue weighted by atomic mass is 9.79. The Morgan fingerprint density at radius 3 is 0.944 bits per heavy atom. The number of benzene rings is 2. The maximum atomic E-state index is 11.0. The Hall–Kier alpha value is -1.30. The minimum absolute atomic E-state index is 0.177. The van der Waals surface area contributed by atoms with Gasteiger partial charge in [-0.2, -0.15) is 0 Å². The van der Waals surface area contributed by atoms with E-state index in [1.165, 1.54) is 0 Å². The Bertz CT molecular complexity index is 906. The van der Waals surface area contributed by atoms with Crippen LogP contribution >= 0.6 is 23.5 Å². The van der Waals surface area contributed by atoms with E-state index >= 15 is 0 Å². The molecule has 0 unspecified atom stereocenters. The number of aliphatic hydroxyl groups is 1. The summed E-state index contributed by atoms with van der Waals surface area (Å²) in [5, 5.41) is 32.8. The predicted octanol–water partition coefficient (Wildman–Crippen LogP) is 8.53. The number of rotatable bonds is 6. The molecule has 0 aliphatic heterocycles. The van der Waals surface area contributed by atoms with Gasteiger partial charge in [0.1, 0.15) is 11.5 Å². The summed E-state index contributed by atoms with van der Waals surface area (Å²) in [6.45, 7) is 25.4. The van der Waals surface area contributed by atoms with Gasteiger partial charge in [0.25, 0.3) is 0 Å². The highest BCUT2D eigenvalue weighted by Gasteiger charge is 2.28. The molecule has 0 saturated carbocycles.